The third-order valence-electron chi connectivity index (χ3n) is 6.83. The third-order valence-corrected chi connectivity index (χ3v) is 7.92. The van der Waals surface area contributed by atoms with Gasteiger partial charge in [0.05, 0.1) is 23.9 Å². The molecule has 1 aliphatic heterocycles. The molecule has 0 saturated carbocycles. The first-order chi connectivity index (χ1) is 17.4. The highest BCUT2D eigenvalue weighted by Crippen LogP contribution is 2.42. The number of nitriles is 1. The van der Waals surface area contributed by atoms with Crippen molar-refractivity contribution in [2.24, 2.45) is 5.73 Å². The zero-order valence-electron chi connectivity index (χ0n) is 21.0. The first-order valence-corrected chi connectivity index (χ1v) is 13.4. The van der Waals surface area contributed by atoms with E-state index in [0.717, 1.165) is 55.5 Å². The predicted molar refractivity (Wildman–Crippen MR) is 140 cm³/mol. The van der Waals surface area contributed by atoms with Crippen molar-refractivity contribution in [2.75, 3.05) is 32.5 Å². The monoisotopic (exact) mass is 510 g/mol. The van der Waals surface area contributed by atoms with Crippen molar-refractivity contribution in [1.82, 2.24) is 14.9 Å². The van der Waals surface area contributed by atoms with Gasteiger partial charge in [-0.25, -0.2) is 0 Å². The number of nitrogens with zero attached hydrogens (tertiary/aromatic N) is 4. The second-order valence-electron chi connectivity index (χ2n) is 9.39. The number of allylic oxidation sites excluding steroid dienone is 1. The van der Waals surface area contributed by atoms with Gasteiger partial charge in [-0.05, 0) is 57.7 Å². The van der Waals surface area contributed by atoms with Gasteiger partial charge >= 0.3 is 0 Å². The zero-order valence-corrected chi connectivity index (χ0v) is 21.8. The molecule has 0 aromatic carbocycles. The number of hydrogen-bond acceptors (Lipinski definition) is 10. The number of ether oxygens (including phenoxy) is 2. The molecule has 10 heteroatoms. The average molecular weight is 511 g/mol. The summed E-state index contributed by atoms with van der Waals surface area (Å²) in [6.07, 6.45) is 7.80. The molecule has 0 spiro atoms. The second kappa shape index (κ2) is 11.7. The number of ketones is 1. The zero-order chi connectivity index (χ0) is 25.7. The van der Waals surface area contributed by atoms with Gasteiger partial charge in [0, 0.05) is 22.9 Å². The second-order valence-corrected chi connectivity index (χ2v) is 10.5. The normalized spacial score (nSPS) is 20.1. The Hall–Kier alpha value is -3.16. The molecule has 9 nitrogen and oxygen atoms in total. The van der Waals surface area contributed by atoms with Crippen LogP contribution in [0.15, 0.2) is 12.1 Å². The molecule has 0 bridgehead atoms. The molecule has 2 aromatic heterocycles. The Kier molecular flexibility index (Phi) is 8.44. The molecule has 1 aliphatic carbocycles. The highest BCUT2D eigenvalue weighted by molar-refractivity contribution is 7.16. The summed E-state index contributed by atoms with van der Waals surface area (Å²) >= 11 is 1.40. The van der Waals surface area contributed by atoms with E-state index in [2.05, 4.69) is 34.9 Å². The van der Waals surface area contributed by atoms with E-state index in [1.807, 2.05) is 0 Å². The van der Waals surface area contributed by atoms with Crippen LogP contribution in [-0.4, -0.2) is 53.5 Å². The minimum Gasteiger partial charge on any atom is -0.477 e. The molecular formula is C26H34N6O3S. The molecule has 2 atom stereocenters. The van der Waals surface area contributed by atoms with Gasteiger partial charge in [0.25, 0.3) is 0 Å². The van der Waals surface area contributed by atoms with Gasteiger partial charge in [0.1, 0.15) is 17.7 Å². The molecule has 4 rings (SSSR count). The lowest BCUT2D eigenvalue weighted by molar-refractivity contribution is -0.116. The number of aromatic nitrogens is 2. The van der Waals surface area contributed by atoms with Crippen LogP contribution in [0.3, 0.4) is 0 Å². The van der Waals surface area contributed by atoms with E-state index in [-0.39, 0.29) is 17.3 Å². The molecule has 0 radical (unpaired) electrons. The van der Waals surface area contributed by atoms with Crippen LogP contribution in [0.4, 0.5) is 5.00 Å². The molecule has 1 saturated heterocycles. The van der Waals surface area contributed by atoms with Crippen LogP contribution in [0, 0.1) is 11.3 Å². The van der Waals surface area contributed by atoms with Gasteiger partial charge < -0.3 is 25.8 Å². The lowest BCUT2D eigenvalue weighted by Gasteiger charge is -2.21. The first-order valence-electron chi connectivity index (χ1n) is 12.6. The summed E-state index contributed by atoms with van der Waals surface area (Å²) in [7, 11) is 2.09. The van der Waals surface area contributed by atoms with Gasteiger partial charge in [0.2, 0.25) is 11.8 Å². The smallest absolute Gasteiger partial charge is 0.220 e. The Labute approximate surface area is 216 Å². The van der Waals surface area contributed by atoms with Gasteiger partial charge in [-0.2, -0.15) is 15.2 Å². The largest absolute Gasteiger partial charge is 0.477 e. The van der Waals surface area contributed by atoms with Crippen molar-refractivity contribution in [2.45, 2.75) is 63.8 Å². The number of nitrogens with two attached hydrogens (primary N) is 2. The predicted octanol–water partition coefficient (Wildman–Crippen LogP) is 3.63. The maximum atomic E-state index is 13.3. The SMILES string of the molecule is CCCCOc1cc(OCC2CCCN2C)nc(/C(N)=C/C(=O)C2CCCc3sc(N)c(C#N)c32)n1. The van der Waals surface area contributed by atoms with Crippen LogP contribution in [0.5, 0.6) is 11.8 Å². The van der Waals surface area contributed by atoms with Gasteiger partial charge in [-0.15, -0.1) is 11.3 Å². The number of likely N-dealkylation sites (tertiary alicyclic amines) is 1. The lowest BCUT2D eigenvalue weighted by atomic mass is 9.82. The molecule has 2 aliphatic rings. The maximum absolute atomic E-state index is 13.3. The number of carbonyl (C=O) groups is 1. The molecule has 0 amide bonds. The summed E-state index contributed by atoms with van der Waals surface area (Å²) in [5.41, 5.74) is 13.7. The van der Waals surface area contributed by atoms with E-state index in [4.69, 9.17) is 20.9 Å². The number of likely N-dealkylation sites (N-methyl/N-ethyl adjacent to an activating group) is 1. The molecule has 192 valence electrons. The summed E-state index contributed by atoms with van der Waals surface area (Å²) in [6, 6.07) is 4.17. The highest BCUT2D eigenvalue weighted by Gasteiger charge is 2.31. The fourth-order valence-corrected chi connectivity index (χ4v) is 5.89. The Bertz CT molecular complexity index is 1170. The highest BCUT2D eigenvalue weighted by atomic mass is 32.1. The van der Waals surface area contributed by atoms with Crippen molar-refractivity contribution in [3.8, 4) is 17.8 Å². The standard InChI is InChI=1S/C26H34N6O3S/c1-3-4-11-34-22-13-23(35-15-16-7-6-10-32(16)2)31-26(30-22)19(28)12-20(33)17-8-5-9-21-24(17)18(14-27)25(29)36-21/h12-13,16-17H,3-11,15,28-29H2,1-2H3/b19-12-. The molecule has 2 aromatic rings. The fourth-order valence-electron chi connectivity index (χ4n) is 4.77. The van der Waals surface area contributed by atoms with E-state index in [1.54, 1.807) is 6.07 Å². The van der Waals surface area contributed by atoms with Gasteiger partial charge in [-0.3, -0.25) is 4.79 Å². The van der Waals surface area contributed by atoms with Crippen LogP contribution in [0.25, 0.3) is 5.70 Å². The Morgan fingerprint density at radius 3 is 2.78 bits per heavy atom. The minimum absolute atomic E-state index is 0.137. The van der Waals surface area contributed by atoms with Crippen LogP contribution in [-0.2, 0) is 11.2 Å². The molecule has 4 N–H and O–H groups in total. The molecule has 2 unspecified atom stereocenters. The number of fused-ring (bicyclic) bond motifs is 1. The van der Waals surface area contributed by atoms with E-state index in [0.29, 0.717) is 48.0 Å². The van der Waals surface area contributed by atoms with Crippen molar-refractivity contribution in [3.05, 3.63) is 34.0 Å². The molecule has 36 heavy (non-hydrogen) atoms. The quantitative estimate of drug-likeness (QED) is 0.362. The van der Waals surface area contributed by atoms with Crippen molar-refractivity contribution >= 4 is 27.8 Å². The number of carbonyl (C=O) groups excluding carboxylic acids is 1. The van der Waals surface area contributed by atoms with Gasteiger partial charge in [0.15, 0.2) is 11.6 Å². The molecular weight excluding hydrogens is 476 g/mol. The minimum atomic E-state index is -0.451. The van der Waals surface area contributed by atoms with Crippen LogP contribution >= 0.6 is 11.3 Å². The number of unbranched alkanes of at least 4 members (excludes halogenated alkanes) is 1. The average Bonchev–Trinajstić information content (AvgIpc) is 3.43. The fraction of sp³-hybridized carbons (Fsp3) is 0.538. The van der Waals surface area contributed by atoms with Crippen molar-refractivity contribution < 1.29 is 14.3 Å². The first kappa shape index (κ1) is 25.9. The summed E-state index contributed by atoms with van der Waals surface area (Å²) in [5, 5.41) is 10.1. The summed E-state index contributed by atoms with van der Waals surface area (Å²) in [5.74, 6) is 0.289. The van der Waals surface area contributed by atoms with Crippen LogP contribution in [0.1, 0.15) is 73.2 Å². The summed E-state index contributed by atoms with van der Waals surface area (Å²) in [6.45, 7) is 4.16. The van der Waals surface area contributed by atoms with E-state index < -0.39 is 5.92 Å². The maximum Gasteiger partial charge on any atom is 0.220 e. The summed E-state index contributed by atoms with van der Waals surface area (Å²) in [4.78, 5) is 25.5. The third kappa shape index (κ3) is 5.79. The number of hydrogen-bond donors (Lipinski definition) is 2. The van der Waals surface area contributed by atoms with E-state index >= 15 is 0 Å². The number of thiophene rings is 1. The van der Waals surface area contributed by atoms with Crippen LogP contribution in [0.2, 0.25) is 0 Å². The number of anilines is 1. The van der Waals surface area contributed by atoms with Crippen molar-refractivity contribution in [1.29, 1.82) is 5.26 Å². The number of rotatable bonds is 10. The van der Waals surface area contributed by atoms with E-state index in [1.165, 1.54) is 17.4 Å². The Morgan fingerprint density at radius 1 is 1.31 bits per heavy atom. The Balaban J connectivity index is 1.57. The summed E-state index contributed by atoms with van der Waals surface area (Å²) < 4.78 is 11.8. The van der Waals surface area contributed by atoms with Gasteiger partial charge in [-0.1, -0.05) is 13.3 Å². The number of aryl methyl sites for hydroxylation is 1. The Morgan fingerprint density at radius 2 is 2.08 bits per heavy atom. The van der Waals surface area contributed by atoms with Crippen molar-refractivity contribution in [3.63, 3.8) is 0 Å². The topological polar surface area (TPSA) is 140 Å². The van der Waals surface area contributed by atoms with Crippen LogP contribution < -0.4 is 20.9 Å². The van der Waals surface area contributed by atoms with E-state index in [9.17, 15) is 10.1 Å². The lowest BCUT2D eigenvalue weighted by Crippen LogP contribution is -2.30. The number of nitrogen functional groups attached to an aromatic ring is 1. The molecule has 3 heterocycles. The molecule has 1 fully saturated rings.